The SMILES string of the molecule is Cc1nn(C)c(=O)c(C(=O)NCc2ccc(OCCCC(=O)O)cc2)c1C. The molecule has 144 valence electrons. The molecule has 0 saturated heterocycles. The van der Waals surface area contributed by atoms with Crippen LogP contribution in [-0.2, 0) is 18.4 Å². The van der Waals surface area contributed by atoms with Crippen molar-refractivity contribution in [3.8, 4) is 5.75 Å². The summed E-state index contributed by atoms with van der Waals surface area (Å²) in [5.74, 6) is -0.656. The highest BCUT2D eigenvalue weighted by atomic mass is 16.5. The molecule has 1 aromatic heterocycles. The predicted molar refractivity (Wildman–Crippen MR) is 98.9 cm³/mol. The summed E-state index contributed by atoms with van der Waals surface area (Å²) in [6, 6.07) is 7.11. The van der Waals surface area contributed by atoms with Crippen LogP contribution in [0.2, 0.25) is 0 Å². The smallest absolute Gasteiger partial charge is 0.303 e. The van der Waals surface area contributed by atoms with Crippen molar-refractivity contribution in [3.63, 3.8) is 0 Å². The number of ether oxygens (including phenoxy) is 1. The summed E-state index contributed by atoms with van der Waals surface area (Å²) in [6.45, 7) is 4.05. The van der Waals surface area contributed by atoms with Crippen molar-refractivity contribution in [2.75, 3.05) is 6.61 Å². The van der Waals surface area contributed by atoms with Crippen molar-refractivity contribution >= 4 is 11.9 Å². The maximum Gasteiger partial charge on any atom is 0.303 e. The van der Waals surface area contributed by atoms with E-state index < -0.39 is 17.4 Å². The van der Waals surface area contributed by atoms with Crippen molar-refractivity contribution in [2.45, 2.75) is 33.2 Å². The lowest BCUT2D eigenvalue weighted by Crippen LogP contribution is -2.34. The lowest BCUT2D eigenvalue weighted by atomic mass is 10.1. The molecule has 0 atom stereocenters. The molecule has 2 aromatic rings. The van der Waals surface area contributed by atoms with Gasteiger partial charge in [0.1, 0.15) is 11.3 Å². The number of carboxylic acid groups (broad SMARTS) is 1. The lowest BCUT2D eigenvalue weighted by Gasteiger charge is -2.11. The molecule has 0 radical (unpaired) electrons. The molecule has 8 heteroatoms. The molecule has 0 aliphatic carbocycles. The molecule has 1 heterocycles. The highest BCUT2D eigenvalue weighted by molar-refractivity contribution is 5.95. The van der Waals surface area contributed by atoms with Crippen LogP contribution in [0.3, 0.4) is 0 Å². The molecule has 0 aliphatic rings. The van der Waals surface area contributed by atoms with Crippen LogP contribution in [0.15, 0.2) is 29.1 Å². The monoisotopic (exact) mass is 373 g/mol. The average Bonchev–Trinajstić information content (AvgIpc) is 2.63. The number of benzene rings is 1. The van der Waals surface area contributed by atoms with E-state index in [2.05, 4.69) is 10.4 Å². The minimum atomic E-state index is -0.848. The van der Waals surface area contributed by atoms with E-state index in [9.17, 15) is 14.4 Å². The van der Waals surface area contributed by atoms with Crippen molar-refractivity contribution < 1.29 is 19.4 Å². The second-order valence-corrected chi connectivity index (χ2v) is 6.19. The number of amides is 1. The van der Waals surface area contributed by atoms with Gasteiger partial charge in [-0.3, -0.25) is 14.4 Å². The number of hydrogen-bond donors (Lipinski definition) is 2. The Morgan fingerprint density at radius 2 is 1.89 bits per heavy atom. The van der Waals surface area contributed by atoms with Crippen molar-refractivity contribution in [3.05, 3.63) is 57.0 Å². The third-order valence-electron chi connectivity index (χ3n) is 4.13. The first-order valence-corrected chi connectivity index (χ1v) is 8.56. The first kappa shape index (κ1) is 20.2. The number of hydrogen-bond acceptors (Lipinski definition) is 5. The van der Waals surface area contributed by atoms with Gasteiger partial charge < -0.3 is 15.2 Å². The van der Waals surface area contributed by atoms with Crippen LogP contribution >= 0.6 is 0 Å². The van der Waals surface area contributed by atoms with Gasteiger partial charge in [0, 0.05) is 20.0 Å². The lowest BCUT2D eigenvalue weighted by molar-refractivity contribution is -0.137. The number of carbonyl (C=O) groups excluding carboxylic acids is 1. The number of rotatable bonds is 8. The fourth-order valence-corrected chi connectivity index (χ4v) is 2.50. The Labute approximate surface area is 156 Å². The van der Waals surface area contributed by atoms with Gasteiger partial charge in [-0.1, -0.05) is 12.1 Å². The number of carbonyl (C=O) groups is 2. The Morgan fingerprint density at radius 1 is 1.22 bits per heavy atom. The summed E-state index contributed by atoms with van der Waals surface area (Å²) in [4.78, 5) is 35.1. The highest BCUT2D eigenvalue weighted by Gasteiger charge is 2.17. The molecule has 2 rings (SSSR count). The standard InChI is InChI=1S/C19H23N3O5/c1-12-13(2)21-22(3)19(26)17(12)18(25)20-11-14-6-8-15(9-7-14)27-10-4-5-16(23)24/h6-9H,4-5,10-11H2,1-3H3,(H,20,25)(H,23,24). The molecular weight excluding hydrogens is 350 g/mol. The minimum absolute atomic E-state index is 0.0669. The van der Waals surface area contributed by atoms with Crippen LogP contribution in [0.25, 0.3) is 0 Å². The predicted octanol–water partition coefficient (Wildman–Crippen LogP) is 1.57. The molecule has 0 bridgehead atoms. The van der Waals surface area contributed by atoms with E-state index in [0.29, 0.717) is 30.0 Å². The number of aromatic nitrogens is 2. The fourth-order valence-electron chi connectivity index (χ4n) is 2.50. The number of aliphatic carboxylic acids is 1. The number of nitrogens with zero attached hydrogens (tertiary/aromatic N) is 2. The van der Waals surface area contributed by atoms with Crippen LogP contribution in [0.5, 0.6) is 5.75 Å². The van der Waals surface area contributed by atoms with E-state index in [1.807, 2.05) is 0 Å². The first-order chi connectivity index (χ1) is 12.8. The topological polar surface area (TPSA) is 111 Å². The normalized spacial score (nSPS) is 10.5. The molecule has 0 unspecified atom stereocenters. The Bertz CT molecular complexity index is 887. The Morgan fingerprint density at radius 3 is 2.52 bits per heavy atom. The molecule has 0 spiro atoms. The molecule has 8 nitrogen and oxygen atoms in total. The number of nitrogens with one attached hydrogen (secondary N) is 1. The van der Waals surface area contributed by atoms with Gasteiger partial charge in [-0.15, -0.1) is 0 Å². The largest absolute Gasteiger partial charge is 0.494 e. The maximum absolute atomic E-state index is 12.4. The van der Waals surface area contributed by atoms with E-state index >= 15 is 0 Å². The van der Waals surface area contributed by atoms with Gasteiger partial charge in [0.05, 0.1) is 12.3 Å². The molecule has 0 fully saturated rings. The molecule has 0 saturated carbocycles. The Kier molecular flexibility index (Phi) is 6.70. The van der Waals surface area contributed by atoms with Gasteiger partial charge in [0.25, 0.3) is 11.5 Å². The van der Waals surface area contributed by atoms with Crippen LogP contribution in [0.4, 0.5) is 0 Å². The van der Waals surface area contributed by atoms with E-state index in [1.165, 1.54) is 7.05 Å². The molecule has 27 heavy (non-hydrogen) atoms. The van der Waals surface area contributed by atoms with E-state index in [4.69, 9.17) is 9.84 Å². The number of carboxylic acids is 1. The van der Waals surface area contributed by atoms with Crippen LogP contribution in [0, 0.1) is 13.8 Å². The van der Waals surface area contributed by atoms with Gasteiger partial charge in [-0.05, 0) is 43.5 Å². The van der Waals surface area contributed by atoms with Gasteiger partial charge in [0.15, 0.2) is 0 Å². The summed E-state index contributed by atoms with van der Waals surface area (Å²) in [5, 5.41) is 15.4. The zero-order valence-corrected chi connectivity index (χ0v) is 15.6. The van der Waals surface area contributed by atoms with Crippen molar-refractivity contribution in [1.82, 2.24) is 15.1 Å². The molecule has 2 N–H and O–H groups in total. The average molecular weight is 373 g/mol. The number of aryl methyl sites for hydroxylation is 2. The van der Waals surface area contributed by atoms with Gasteiger partial charge in [0.2, 0.25) is 0 Å². The maximum atomic E-state index is 12.4. The summed E-state index contributed by atoms with van der Waals surface area (Å²) in [5.41, 5.74) is 1.72. The zero-order chi connectivity index (χ0) is 20.0. The molecular formula is C19H23N3O5. The third-order valence-corrected chi connectivity index (χ3v) is 4.13. The summed E-state index contributed by atoms with van der Waals surface area (Å²) in [6.07, 6.45) is 0.504. The van der Waals surface area contributed by atoms with Gasteiger partial charge in [-0.25, -0.2) is 4.68 Å². The zero-order valence-electron chi connectivity index (χ0n) is 15.6. The summed E-state index contributed by atoms with van der Waals surface area (Å²) in [7, 11) is 1.51. The molecule has 0 aliphatic heterocycles. The van der Waals surface area contributed by atoms with Gasteiger partial charge >= 0.3 is 5.97 Å². The Balaban J connectivity index is 1.94. The van der Waals surface area contributed by atoms with Gasteiger partial charge in [-0.2, -0.15) is 5.10 Å². The van der Waals surface area contributed by atoms with Crippen molar-refractivity contribution in [2.24, 2.45) is 7.05 Å². The molecule has 1 amide bonds. The minimum Gasteiger partial charge on any atom is -0.494 e. The van der Waals surface area contributed by atoms with E-state index in [0.717, 1.165) is 10.2 Å². The molecule has 1 aromatic carbocycles. The highest BCUT2D eigenvalue weighted by Crippen LogP contribution is 2.13. The first-order valence-electron chi connectivity index (χ1n) is 8.56. The van der Waals surface area contributed by atoms with E-state index in [-0.39, 0.29) is 18.5 Å². The third kappa shape index (κ3) is 5.40. The van der Waals surface area contributed by atoms with E-state index in [1.54, 1.807) is 38.1 Å². The van der Waals surface area contributed by atoms with Crippen molar-refractivity contribution in [1.29, 1.82) is 0 Å². The summed E-state index contributed by atoms with van der Waals surface area (Å²) >= 11 is 0. The quantitative estimate of drug-likeness (QED) is 0.680. The fraction of sp³-hybridized carbons (Fsp3) is 0.368. The second-order valence-electron chi connectivity index (χ2n) is 6.19. The van der Waals surface area contributed by atoms with Crippen LogP contribution in [-0.4, -0.2) is 33.4 Å². The van der Waals surface area contributed by atoms with Crippen LogP contribution < -0.4 is 15.6 Å². The van der Waals surface area contributed by atoms with Crippen LogP contribution in [0.1, 0.15) is 40.0 Å². The summed E-state index contributed by atoms with van der Waals surface area (Å²) < 4.78 is 6.62. The Hall–Kier alpha value is -3.16. The second kappa shape index (κ2) is 8.98.